The Kier molecular flexibility index (Phi) is 4.35. The molecule has 0 fully saturated rings. The highest BCUT2D eigenvalue weighted by Gasteiger charge is 2.31. The molecular weight excluding hydrogens is 238 g/mol. The number of aliphatic hydroxyl groups is 2. The molecule has 78 valence electrons. The quantitative estimate of drug-likeness (QED) is 0.619. The molecule has 0 aromatic carbocycles. The molecule has 0 aromatic rings. The first kappa shape index (κ1) is 12.9. The van der Waals surface area contributed by atoms with Gasteiger partial charge in [0.25, 0.3) is 0 Å². The van der Waals surface area contributed by atoms with Crippen molar-refractivity contribution in [2.75, 3.05) is 13.2 Å². The van der Waals surface area contributed by atoms with E-state index in [1.54, 1.807) is 20.8 Å². The molecular formula is C8H16BrNO3. The highest BCUT2D eigenvalue weighted by molar-refractivity contribution is 9.10. The van der Waals surface area contributed by atoms with Crippen LogP contribution in [0.3, 0.4) is 0 Å². The Balaban J connectivity index is 4.35. The number of carbonyl (C=O) groups is 1. The minimum Gasteiger partial charge on any atom is -0.394 e. The lowest BCUT2D eigenvalue weighted by Crippen LogP contribution is -2.55. The van der Waals surface area contributed by atoms with Crippen LogP contribution in [-0.2, 0) is 4.79 Å². The number of carbonyl (C=O) groups excluding carboxylic acids is 1. The number of aliphatic hydroxyl groups excluding tert-OH is 2. The molecule has 0 aliphatic carbocycles. The summed E-state index contributed by atoms with van der Waals surface area (Å²) in [5, 5.41) is 20.4. The smallest absolute Gasteiger partial charge is 0.236 e. The van der Waals surface area contributed by atoms with Gasteiger partial charge in [-0.1, -0.05) is 15.9 Å². The maximum Gasteiger partial charge on any atom is 0.236 e. The van der Waals surface area contributed by atoms with Gasteiger partial charge in [0.2, 0.25) is 5.91 Å². The minimum atomic E-state index is -0.956. The second-order valence-corrected chi connectivity index (χ2v) is 5.79. The normalized spacial score (nSPS) is 12.8. The fourth-order valence-corrected chi connectivity index (χ4v) is 0.651. The van der Waals surface area contributed by atoms with Crippen molar-refractivity contribution in [1.82, 2.24) is 5.32 Å². The second kappa shape index (κ2) is 4.39. The topological polar surface area (TPSA) is 69.6 Å². The van der Waals surface area contributed by atoms with Gasteiger partial charge in [0, 0.05) is 0 Å². The molecule has 4 nitrogen and oxygen atoms in total. The van der Waals surface area contributed by atoms with Gasteiger partial charge in [0.1, 0.15) is 0 Å². The summed E-state index contributed by atoms with van der Waals surface area (Å²) in [6, 6.07) is 0. The van der Waals surface area contributed by atoms with Crippen LogP contribution >= 0.6 is 15.9 Å². The van der Waals surface area contributed by atoms with Gasteiger partial charge in [0.05, 0.1) is 23.1 Å². The summed E-state index contributed by atoms with van der Waals surface area (Å²) < 4.78 is -0.696. The van der Waals surface area contributed by atoms with Crippen LogP contribution in [0.1, 0.15) is 20.8 Å². The summed E-state index contributed by atoms with van der Waals surface area (Å²) >= 11 is 3.18. The predicted molar refractivity (Wildman–Crippen MR) is 53.7 cm³/mol. The molecule has 0 saturated carbocycles. The molecule has 0 heterocycles. The van der Waals surface area contributed by atoms with Crippen molar-refractivity contribution in [1.29, 1.82) is 0 Å². The van der Waals surface area contributed by atoms with Crippen molar-refractivity contribution in [3.63, 3.8) is 0 Å². The van der Waals surface area contributed by atoms with Gasteiger partial charge >= 0.3 is 0 Å². The lowest BCUT2D eigenvalue weighted by molar-refractivity contribution is -0.125. The summed E-state index contributed by atoms with van der Waals surface area (Å²) in [7, 11) is 0. The Hall–Kier alpha value is -0.130. The van der Waals surface area contributed by atoms with Crippen LogP contribution in [0.25, 0.3) is 0 Å². The molecule has 1 amide bonds. The standard InChI is InChI=1S/C8H16BrNO3/c1-7(2,9)6(13)10-8(3,4-11)5-12/h11-12H,4-5H2,1-3H3,(H,10,13). The summed E-state index contributed by atoms with van der Waals surface area (Å²) in [4.78, 5) is 11.4. The molecule has 5 heteroatoms. The molecule has 0 aliphatic rings. The van der Waals surface area contributed by atoms with E-state index in [-0.39, 0.29) is 19.1 Å². The number of hydrogen-bond acceptors (Lipinski definition) is 3. The first-order chi connectivity index (χ1) is 5.75. The lowest BCUT2D eigenvalue weighted by Gasteiger charge is -2.29. The Labute approximate surface area is 86.5 Å². The van der Waals surface area contributed by atoms with Crippen molar-refractivity contribution < 1.29 is 15.0 Å². The zero-order chi connectivity index (χ0) is 10.7. The summed E-state index contributed by atoms with van der Waals surface area (Å²) in [5.74, 6) is -0.266. The third-order valence-electron chi connectivity index (χ3n) is 1.65. The first-order valence-electron chi connectivity index (χ1n) is 3.98. The third-order valence-corrected chi connectivity index (χ3v) is 2.01. The van der Waals surface area contributed by atoms with Crippen molar-refractivity contribution in [3.05, 3.63) is 0 Å². The zero-order valence-corrected chi connectivity index (χ0v) is 9.68. The highest BCUT2D eigenvalue weighted by Crippen LogP contribution is 2.17. The number of nitrogens with one attached hydrogen (secondary N) is 1. The van der Waals surface area contributed by atoms with E-state index in [9.17, 15) is 4.79 Å². The molecule has 0 unspecified atom stereocenters. The molecule has 0 atom stereocenters. The highest BCUT2D eigenvalue weighted by atomic mass is 79.9. The van der Waals surface area contributed by atoms with Crippen LogP contribution in [0, 0.1) is 0 Å². The average molecular weight is 254 g/mol. The van der Waals surface area contributed by atoms with E-state index < -0.39 is 9.86 Å². The van der Waals surface area contributed by atoms with E-state index in [0.717, 1.165) is 0 Å². The third kappa shape index (κ3) is 4.06. The van der Waals surface area contributed by atoms with Gasteiger partial charge in [-0.15, -0.1) is 0 Å². The van der Waals surface area contributed by atoms with Crippen molar-refractivity contribution in [2.45, 2.75) is 30.6 Å². The molecule has 0 rings (SSSR count). The van der Waals surface area contributed by atoms with Gasteiger partial charge < -0.3 is 15.5 Å². The Morgan fingerprint density at radius 2 is 1.69 bits per heavy atom. The molecule has 0 spiro atoms. The Morgan fingerprint density at radius 1 is 1.31 bits per heavy atom. The van der Waals surface area contributed by atoms with Crippen molar-refractivity contribution in [3.8, 4) is 0 Å². The van der Waals surface area contributed by atoms with E-state index in [2.05, 4.69) is 21.2 Å². The predicted octanol–water partition coefficient (Wildman–Crippen LogP) is 0.0194. The van der Waals surface area contributed by atoms with Gasteiger partial charge in [0.15, 0.2) is 0 Å². The summed E-state index contributed by atoms with van der Waals surface area (Å²) in [5.41, 5.74) is -0.956. The SMILES string of the molecule is CC(CO)(CO)NC(=O)C(C)(C)Br. The van der Waals surface area contributed by atoms with Crippen molar-refractivity contribution >= 4 is 21.8 Å². The van der Waals surface area contributed by atoms with Gasteiger partial charge in [-0.2, -0.15) is 0 Å². The monoisotopic (exact) mass is 253 g/mol. The summed E-state index contributed by atoms with van der Waals surface area (Å²) in [6.45, 7) is 4.37. The molecule has 0 radical (unpaired) electrons. The van der Waals surface area contributed by atoms with Crippen LogP contribution in [0.4, 0.5) is 0 Å². The number of rotatable bonds is 4. The van der Waals surface area contributed by atoms with E-state index in [0.29, 0.717) is 0 Å². The average Bonchev–Trinajstić information content (AvgIpc) is 2.02. The molecule has 0 aromatic heterocycles. The van der Waals surface area contributed by atoms with Gasteiger partial charge in [-0.25, -0.2) is 0 Å². The minimum absolute atomic E-state index is 0.266. The summed E-state index contributed by atoms with van der Waals surface area (Å²) in [6.07, 6.45) is 0. The zero-order valence-electron chi connectivity index (χ0n) is 8.09. The Morgan fingerprint density at radius 3 is 1.92 bits per heavy atom. The van der Waals surface area contributed by atoms with E-state index in [4.69, 9.17) is 10.2 Å². The number of hydrogen-bond donors (Lipinski definition) is 3. The second-order valence-electron chi connectivity index (χ2n) is 3.80. The first-order valence-corrected chi connectivity index (χ1v) is 4.78. The molecule has 0 aliphatic heterocycles. The van der Waals surface area contributed by atoms with E-state index >= 15 is 0 Å². The maximum absolute atomic E-state index is 11.4. The van der Waals surface area contributed by atoms with Crippen LogP contribution in [0.2, 0.25) is 0 Å². The van der Waals surface area contributed by atoms with Crippen LogP contribution in [0.15, 0.2) is 0 Å². The number of alkyl halides is 1. The molecule has 0 bridgehead atoms. The fourth-order valence-electron chi connectivity index (χ4n) is 0.552. The van der Waals surface area contributed by atoms with E-state index in [1.807, 2.05) is 0 Å². The number of halogens is 1. The molecule has 0 saturated heterocycles. The van der Waals surface area contributed by atoms with E-state index in [1.165, 1.54) is 0 Å². The van der Waals surface area contributed by atoms with Gasteiger partial charge in [-0.3, -0.25) is 4.79 Å². The maximum atomic E-state index is 11.4. The fraction of sp³-hybridized carbons (Fsp3) is 0.875. The number of amides is 1. The molecule has 3 N–H and O–H groups in total. The van der Waals surface area contributed by atoms with Crippen LogP contribution < -0.4 is 5.32 Å². The molecule has 13 heavy (non-hydrogen) atoms. The van der Waals surface area contributed by atoms with Gasteiger partial charge in [-0.05, 0) is 20.8 Å². The lowest BCUT2D eigenvalue weighted by atomic mass is 10.0. The van der Waals surface area contributed by atoms with Crippen molar-refractivity contribution in [2.24, 2.45) is 0 Å². The largest absolute Gasteiger partial charge is 0.394 e. The Bertz CT molecular complexity index is 184. The van der Waals surface area contributed by atoms with Crippen LogP contribution in [0.5, 0.6) is 0 Å². The van der Waals surface area contributed by atoms with Crippen LogP contribution in [-0.4, -0.2) is 39.2 Å².